The zero-order chi connectivity index (χ0) is 16.5. The van der Waals surface area contributed by atoms with E-state index in [9.17, 15) is 9.90 Å². The second-order valence-electron chi connectivity index (χ2n) is 5.19. The van der Waals surface area contributed by atoms with Gasteiger partial charge in [0.15, 0.2) is 6.10 Å². The molecule has 0 fully saturated rings. The van der Waals surface area contributed by atoms with E-state index in [0.717, 1.165) is 11.1 Å². The number of rotatable bonds is 8. The van der Waals surface area contributed by atoms with E-state index in [1.807, 2.05) is 49.4 Å². The van der Waals surface area contributed by atoms with E-state index in [1.165, 1.54) is 0 Å². The molecule has 23 heavy (non-hydrogen) atoms. The highest BCUT2D eigenvalue weighted by Crippen LogP contribution is 2.17. The molecule has 0 saturated heterocycles. The number of nitrogens with one attached hydrogen (secondary N) is 1. The molecule has 0 spiro atoms. The number of amides is 1. The summed E-state index contributed by atoms with van der Waals surface area (Å²) in [6.45, 7) is 2.15. The van der Waals surface area contributed by atoms with E-state index in [4.69, 9.17) is 4.74 Å². The highest BCUT2D eigenvalue weighted by Gasteiger charge is 2.23. The van der Waals surface area contributed by atoms with Crippen molar-refractivity contribution in [1.29, 1.82) is 0 Å². The molecular weight excluding hydrogens is 292 g/mol. The van der Waals surface area contributed by atoms with Crippen molar-refractivity contribution in [3.63, 3.8) is 0 Å². The molecule has 0 bridgehead atoms. The fourth-order valence-corrected chi connectivity index (χ4v) is 2.36. The normalized spacial score (nSPS) is 13.3. The Hall–Kier alpha value is -2.24. The summed E-state index contributed by atoms with van der Waals surface area (Å²) in [5, 5.41) is 12.4. The molecule has 1 aromatic heterocycles. The number of aromatic nitrogens is 1. The first-order valence-electron chi connectivity index (χ1n) is 7.71. The first kappa shape index (κ1) is 17.1. The van der Waals surface area contributed by atoms with E-state index in [2.05, 4.69) is 10.3 Å². The van der Waals surface area contributed by atoms with Crippen LogP contribution in [0.4, 0.5) is 0 Å². The van der Waals surface area contributed by atoms with E-state index in [1.54, 1.807) is 12.4 Å². The molecule has 122 valence electrons. The first-order valence-corrected chi connectivity index (χ1v) is 7.71. The molecule has 0 aliphatic heterocycles. The van der Waals surface area contributed by atoms with Crippen molar-refractivity contribution in [2.45, 2.75) is 25.5 Å². The van der Waals surface area contributed by atoms with Gasteiger partial charge in [0, 0.05) is 19.0 Å². The zero-order valence-corrected chi connectivity index (χ0v) is 13.2. The van der Waals surface area contributed by atoms with Crippen LogP contribution in [-0.4, -0.2) is 35.3 Å². The molecule has 2 N–H and O–H groups in total. The number of ether oxygens (including phenoxy) is 1. The molecule has 1 amide bonds. The van der Waals surface area contributed by atoms with Gasteiger partial charge in [0.1, 0.15) is 0 Å². The molecule has 0 radical (unpaired) electrons. The third-order valence-electron chi connectivity index (χ3n) is 3.47. The molecule has 0 aliphatic carbocycles. The summed E-state index contributed by atoms with van der Waals surface area (Å²) in [7, 11) is 0. The van der Waals surface area contributed by atoms with Crippen molar-refractivity contribution in [2.24, 2.45) is 0 Å². The Labute approximate surface area is 136 Å². The fraction of sp³-hybridized carbons (Fsp3) is 0.333. The van der Waals surface area contributed by atoms with Gasteiger partial charge < -0.3 is 15.2 Å². The van der Waals surface area contributed by atoms with Crippen molar-refractivity contribution in [1.82, 2.24) is 10.3 Å². The lowest BCUT2D eigenvalue weighted by Crippen LogP contribution is -2.42. The summed E-state index contributed by atoms with van der Waals surface area (Å²) in [5.74, 6) is -0.244. The van der Waals surface area contributed by atoms with E-state index >= 15 is 0 Å². The van der Waals surface area contributed by atoms with Crippen LogP contribution < -0.4 is 5.32 Å². The van der Waals surface area contributed by atoms with Gasteiger partial charge in [-0.1, -0.05) is 30.3 Å². The van der Waals surface area contributed by atoms with E-state index in [-0.39, 0.29) is 18.6 Å². The summed E-state index contributed by atoms with van der Waals surface area (Å²) in [5.41, 5.74) is 1.81. The number of carbonyl (C=O) groups excluding carboxylic acids is 1. The lowest BCUT2D eigenvalue weighted by molar-refractivity contribution is -0.134. The number of aliphatic hydroxyl groups excluding tert-OH is 1. The first-order chi connectivity index (χ1) is 11.2. The van der Waals surface area contributed by atoms with Gasteiger partial charge in [-0.15, -0.1) is 0 Å². The fourth-order valence-electron chi connectivity index (χ4n) is 2.36. The van der Waals surface area contributed by atoms with Crippen LogP contribution >= 0.6 is 0 Å². The van der Waals surface area contributed by atoms with Gasteiger partial charge in [0.2, 0.25) is 0 Å². The third kappa shape index (κ3) is 5.16. The van der Waals surface area contributed by atoms with Crippen LogP contribution in [0.1, 0.15) is 24.2 Å². The van der Waals surface area contributed by atoms with Crippen LogP contribution in [0.25, 0.3) is 0 Å². The van der Waals surface area contributed by atoms with Crippen LogP contribution in [0.3, 0.4) is 0 Å². The van der Waals surface area contributed by atoms with Gasteiger partial charge in [-0.25, -0.2) is 0 Å². The van der Waals surface area contributed by atoms with Crippen molar-refractivity contribution in [3.05, 3.63) is 66.0 Å². The maximum atomic E-state index is 12.5. The van der Waals surface area contributed by atoms with E-state index < -0.39 is 6.10 Å². The number of hydrogen-bond acceptors (Lipinski definition) is 4. The number of benzene rings is 1. The Bertz CT molecular complexity index is 590. The lowest BCUT2D eigenvalue weighted by Gasteiger charge is -2.22. The SMILES string of the molecule is CCO[C@H](C(=O)N[C@H](CO)Cc1ccncc1)c1ccccc1. The molecule has 5 heteroatoms. The Morgan fingerprint density at radius 1 is 1.22 bits per heavy atom. The predicted octanol–water partition coefficient (Wildman–Crippen LogP) is 1.88. The van der Waals surface area contributed by atoms with Crippen LogP contribution in [0.2, 0.25) is 0 Å². The minimum Gasteiger partial charge on any atom is -0.394 e. The van der Waals surface area contributed by atoms with Gasteiger partial charge in [-0.3, -0.25) is 9.78 Å². The summed E-state index contributed by atoms with van der Waals surface area (Å²) >= 11 is 0. The third-order valence-corrected chi connectivity index (χ3v) is 3.47. The molecular formula is C18H22N2O3. The molecule has 1 aromatic carbocycles. The van der Waals surface area contributed by atoms with Gasteiger partial charge in [0.25, 0.3) is 5.91 Å². The quantitative estimate of drug-likeness (QED) is 0.780. The minimum absolute atomic E-state index is 0.137. The van der Waals surface area contributed by atoms with Gasteiger partial charge in [-0.2, -0.15) is 0 Å². The molecule has 2 atom stereocenters. The Morgan fingerprint density at radius 3 is 2.52 bits per heavy atom. The van der Waals surface area contributed by atoms with Crippen molar-refractivity contribution in [2.75, 3.05) is 13.2 Å². The van der Waals surface area contributed by atoms with Crippen molar-refractivity contribution < 1.29 is 14.6 Å². The van der Waals surface area contributed by atoms with Crippen LogP contribution in [0, 0.1) is 0 Å². The molecule has 2 aromatic rings. The number of pyridine rings is 1. The highest BCUT2D eigenvalue weighted by atomic mass is 16.5. The lowest BCUT2D eigenvalue weighted by atomic mass is 10.1. The average Bonchev–Trinajstić information content (AvgIpc) is 2.60. The molecule has 5 nitrogen and oxygen atoms in total. The summed E-state index contributed by atoms with van der Waals surface area (Å²) in [4.78, 5) is 16.5. The molecule has 0 aliphatic rings. The maximum Gasteiger partial charge on any atom is 0.254 e. The number of carbonyl (C=O) groups is 1. The summed E-state index contributed by atoms with van der Waals surface area (Å²) in [6.07, 6.45) is 3.25. The Kier molecular flexibility index (Phi) is 6.72. The van der Waals surface area contributed by atoms with Gasteiger partial charge in [-0.05, 0) is 36.6 Å². The molecule has 2 rings (SSSR count). The number of aliphatic hydroxyl groups is 1. The van der Waals surface area contributed by atoms with Crippen molar-refractivity contribution >= 4 is 5.91 Å². The molecule has 0 saturated carbocycles. The second kappa shape index (κ2) is 9.02. The van der Waals surface area contributed by atoms with E-state index in [0.29, 0.717) is 13.0 Å². The number of nitrogens with zero attached hydrogens (tertiary/aromatic N) is 1. The summed E-state index contributed by atoms with van der Waals surface area (Å²) in [6, 6.07) is 12.7. The van der Waals surface area contributed by atoms with Gasteiger partial charge >= 0.3 is 0 Å². The second-order valence-corrected chi connectivity index (χ2v) is 5.19. The van der Waals surface area contributed by atoms with Crippen LogP contribution in [-0.2, 0) is 16.0 Å². The largest absolute Gasteiger partial charge is 0.394 e. The molecule has 0 unspecified atom stereocenters. The zero-order valence-electron chi connectivity index (χ0n) is 13.2. The molecule has 1 heterocycles. The monoisotopic (exact) mass is 314 g/mol. The topological polar surface area (TPSA) is 71.5 Å². The number of hydrogen-bond donors (Lipinski definition) is 2. The van der Waals surface area contributed by atoms with Crippen LogP contribution in [0.5, 0.6) is 0 Å². The average molecular weight is 314 g/mol. The Balaban J connectivity index is 2.04. The highest BCUT2D eigenvalue weighted by molar-refractivity contribution is 5.82. The maximum absolute atomic E-state index is 12.5. The summed E-state index contributed by atoms with van der Waals surface area (Å²) < 4.78 is 5.58. The van der Waals surface area contributed by atoms with Gasteiger partial charge in [0.05, 0.1) is 12.6 Å². The standard InChI is InChI=1S/C18H22N2O3/c1-2-23-17(15-6-4-3-5-7-15)18(22)20-16(13-21)12-14-8-10-19-11-9-14/h3-11,16-17,21H,2,12-13H2,1H3,(H,20,22)/t16-,17-/m0/s1. The minimum atomic E-state index is -0.673. The Morgan fingerprint density at radius 2 is 1.91 bits per heavy atom. The smallest absolute Gasteiger partial charge is 0.254 e. The van der Waals surface area contributed by atoms with Crippen molar-refractivity contribution in [3.8, 4) is 0 Å². The van der Waals surface area contributed by atoms with Crippen LogP contribution in [0.15, 0.2) is 54.9 Å². The predicted molar refractivity (Wildman–Crippen MR) is 87.8 cm³/mol.